The minimum Gasteiger partial charge on any atom is -0.483 e. The van der Waals surface area contributed by atoms with Gasteiger partial charge >= 0.3 is 5.69 Å². The van der Waals surface area contributed by atoms with E-state index in [9.17, 15) is 10.1 Å². The number of rotatable bonds is 5. The molecule has 3 aromatic carbocycles. The Morgan fingerprint density at radius 1 is 1.04 bits per heavy atom. The molecule has 3 rings (SSSR count). The fourth-order valence-corrected chi connectivity index (χ4v) is 2.97. The Bertz CT molecular complexity index is 889. The molecule has 0 aliphatic heterocycles. The first-order valence-electron chi connectivity index (χ1n) is 7.93. The van der Waals surface area contributed by atoms with Gasteiger partial charge in [0, 0.05) is 12.5 Å². The lowest BCUT2D eigenvalue weighted by Gasteiger charge is -2.17. The first-order chi connectivity index (χ1) is 11.6. The summed E-state index contributed by atoms with van der Waals surface area (Å²) in [4.78, 5) is 10.7. The van der Waals surface area contributed by atoms with Gasteiger partial charge in [-0.05, 0) is 41.8 Å². The van der Waals surface area contributed by atoms with Crippen LogP contribution in [0.3, 0.4) is 0 Å². The van der Waals surface area contributed by atoms with Gasteiger partial charge in [0.2, 0.25) is 0 Å². The van der Waals surface area contributed by atoms with E-state index in [0.717, 1.165) is 0 Å². The predicted molar refractivity (Wildman–Crippen MR) is 95.6 cm³/mol. The largest absolute Gasteiger partial charge is 0.483 e. The van der Waals surface area contributed by atoms with Gasteiger partial charge in [0.25, 0.3) is 0 Å². The van der Waals surface area contributed by atoms with Crippen molar-refractivity contribution in [1.82, 2.24) is 0 Å². The number of benzene rings is 3. The Balaban J connectivity index is 1.87. The first kappa shape index (κ1) is 16.0. The Morgan fingerprint density at radius 3 is 2.54 bits per heavy atom. The highest BCUT2D eigenvalue weighted by molar-refractivity contribution is 5.86. The van der Waals surface area contributed by atoms with E-state index in [1.165, 1.54) is 28.0 Å². The van der Waals surface area contributed by atoms with E-state index < -0.39 is 4.92 Å². The Morgan fingerprint density at radius 2 is 1.75 bits per heavy atom. The molecule has 0 bridgehead atoms. The van der Waals surface area contributed by atoms with E-state index in [0.29, 0.717) is 12.2 Å². The van der Waals surface area contributed by atoms with Gasteiger partial charge in [-0.25, -0.2) is 0 Å². The lowest BCUT2D eigenvalue weighted by molar-refractivity contribution is -0.386. The van der Waals surface area contributed by atoms with Gasteiger partial charge in [-0.3, -0.25) is 10.1 Å². The number of fused-ring (bicyclic) bond motifs is 1. The lowest BCUT2D eigenvalue weighted by atomic mass is 9.96. The fraction of sp³-hybridized carbons (Fsp3) is 0.200. The van der Waals surface area contributed by atoms with Gasteiger partial charge in [-0.15, -0.1) is 0 Å². The summed E-state index contributed by atoms with van der Waals surface area (Å²) in [5.74, 6) is 0.313. The molecule has 3 aromatic rings. The summed E-state index contributed by atoms with van der Waals surface area (Å²) in [5, 5.41) is 13.5. The molecule has 0 saturated carbocycles. The summed E-state index contributed by atoms with van der Waals surface area (Å²) in [6.07, 6.45) is 0.523. The van der Waals surface area contributed by atoms with Crippen LogP contribution in [0.15, 0.2) is 60.7 Å². The van der Waals surface area contributed by atoms with Crippen molar-refractivity contribution in [2.45, 2.75) is 26.4 Å². The number of hydrogen-bond acceptors (Lipinski definition) is 3. The van der Waals surface area contributed by atoms with Gasteiger partial charge in [0.1, 0.15) is 6.10 Å². The van der Waals surface area contributed by atoms with E-state index in [4.69, 9.17) is 4.74 Å². The van der Waals surface area contributed by atoms with Crippen LogP contribution in [0.4, 0.5) is 5.69 Å². The van der Waals surface area contributed by atoms with Crippen LogP contribution in [0.5, 0.6) is 5.75 Å². The summed E-state index contributed by atoms with van der Waals surface area (Å²) in [5.41, 5.74) is 2.42. The molecule has 0 amide bonds. The second-order valence-corrected chi connectivity index (χ2v) is 5.94. The number of nitrogens with zero attached hydrogens (tertiary/aromatic N) is 1. The van der Waals surface area contributed by atoms with Gasteiger partial charge in [0.15, 0.2) is 5.75 Å². The maximum atomic E-state index is 11.1. The highest BCUT2D eigenvalue weighted by Gasteiger charge is 2.17. The predicted octanol–water partition coefficient (Wildman–Crippen LogP) is 5.07. The second-order valence-electron chi connectivity index (χ2n) is 5.94. The molecule has 0 spiro atoms. The van der Waals surface area contributed by atoms with Crippen molar-refractivity contribution in [2.24, 2.45) is 0 Å². The summed E-state index contributed by atoms with van der Waals surface area (Å²) in [7, 11) is 0. The molecule has 0 saturated heterocycles. The van der Waals surface area contributed by atoms with Crippen LogP contribution in [0.2, 0.25) is 0 Å². The first-order valence-corrected chi connectivity index (χ1v) is 7.93. The molecule has 4 heteroatoms. The molecule has 0 aliphatic rings. The number of para-hydroxylation sites is 2. The van der Waals surface area contributed by atoms with Gasteiger partial charge in [-0.1, -0.05) is 48.5 Å². The third-order valence-electron chi connectivity index (χ3n) is 4.16. The molecular formula is C20H19NO3. The monoisotopic (exact) mass is 321 g/mol. The standard InChI is InChI=1S/C20H19NO3/c1-14-11-12-16-7-3-4-8-17(16)18(14)13-15(2)24-20-10-6-5-9-19(20)21(22)23/h3-12,15H,13H2,1-2H3. The number of hydrogen-bond donors (Lipinski definition) is 0. The molecule has 1 atom stereocenters. The van der Waals surface area contributed by atoms with Crippen LogP contribution in [0.1, 0.15) is 18.1 Å². The fourth-order valence-electron chi connectivity index (χ4n) is 2.97. The average molecular weight is 321 g/mol. The molecule has 122 valence electrons. The molecule has 1 unspecified atom stereocenters. The zero-order valence-electron chi connectivity index (χ0n) is 13.7. The van der Waals surface area contributed by atoms with Gasteiger partial charge < -0.3 is 4.74 Å². The van der Waals surface area contributed by atoms with Crippen molar-refractivity contribution in [3.8, 4) is 5.75 Å². The van der Waals surface area contributed by atoms with Crippen molar-refractivity contribution in [2.75, 3.05) is 0 Å². The Kier molecular flexibility index (Phi) is 4.47. The second kappa shape index (κ2) is 6.71. The number of nitro groups is 1. The van der Waals surface area contributed by atoms with E-state index in [-0.39, 0.29) is 11.8 Å². The average Bonchev–Trinajstić information content (AvgIpc) is 2.58. The molecule has 0 radical (unpaired) electrons. The van der Waals surface area contributed by atoms with E-state index >= 15 is 0 Å². The highest BCUT2D eigenvalue weighted by atomic mass is 16.6. The van der Waals surface area contributed by atoms with Crippen molar-refractivity contribution >= 4 is 16.5 Å². The van der Waals surface area contributed by atoms with Crippen LogP contribution in [-0.4, -0.2) is 11.0 Å². The van der Waals surface area contributed by atoms with Crippen LogP contribution in [0, 0.1) is 17.0 Å². The van der Waals surface area contributed by atoms with Crippen molar-refractivity contribution in [3.05, 3.63) is 81.9 Å². The molecule has 0 aliphatic carbocycles. The summed E-state index contributed by atoms with van der Waals surface area (Å²) in [6.45, 7) is 4.03. The van der Waals surface area contributed by atoms with E-state index in [1.54, 1.807) is 18.2 Å². The van der Waals surface area contributed by atoms with Crippen molar-refractivity contribution in [1.29, 1.82) is 0 Å². The lowest BCUT2D eigenvalue weighted by Crippen LogP contribution is -2.16. The topological polar surface area (TPSA) is 52.4 Å². The molecule has 0 N–H and O–H groups in total. The number of nitro benzene ring substituents is 1. The molecular weight excluding hydrogens is 302 g/mol. The number of ether oxygens (including phenoxy) is 1. The highest BCUT2D eigenvalue weighted by Crippen LogP contribution is 2.29. The van der Waals surface area contributed by atoms with E-state index in [1.807, 2.05) is 19.1 Å². The SMILES string of the molecule is Cc1ccc2ccccc2c1CC(C)Oc1ccccc1[N+](=O)[O-]. The molecule has 24 heavy (non-hydrogen) atoms. The van der Waals surface area contributed by atoms with Gasteiger partial charge in [0.05, 0.1) is 4.92 Å². The van der Waals surface area contributed by atoms with Crippen LogP contribution in [0.25, 0.3) is 10.8 Å². The normalized spacial score (nSPS) is 12.1. The smallest absolute Gasteiger partial charge is 0.310 e. The summed E-state index contributed by atoms with van der Waals surface area (Å²) < 4.78 is 5.87. The minimum atomic E-state index is -0.411. The molecule has 0 fully saturated rings. The quantitative estimate of drug-likeness (QED) is 0.487. The summed E-state index contributed by atoms with van der Waals surface area (Å²) >= 11 is 0. The van der Waals surface area contributed by atoms with Crippen LogP contribution >= 0.6 is 0 Å². The molecule has 0 heterocycles. The van der Waals surface area contributed by atoms with Crippen LogP contribution in [-0.2, 0) is 6.42 Å². The van der Waals surface area contributed by atoms with Crippen molar-refractivity contribution in [3.63, 3.8) is 0 Å². The zero-order valence-corrected chi connectivity index (χ0v) is 13.7. The van der Waals surface area contributed by atoms with Crippen LogP contribution < -0.4 is 4.74 Å². The maximum Gasteiger partial charge on any atom is 0.310 e. The van der Waals surface area contributed by atoms with E-state index in [2.05, 4.69) is 31.2 Å². The summed E-state index contributed by atoms with van der Waals surface area (Å²) in [6, 6.07) is 19.0. The Labute approximate surface area is 140 Å². The third-order valence-corrected chi connectivity index (χ3v) is 4.16. The minimum absolute atomic E-state index is 0.000934. The molecule has 4 nitrogen and oxygen atoms in total. The van der Waals surface area contributed by atoms with Gasteiger partial charge in [-0.2, -0.15) is 0 Å². The zero-order chi connectivity index (χ0) is 17.1. The number of aryl methyl sites for hydroxylation is 1. The molecule has 0 aromatic heterocycles. The Hall–Kier alpha value is -2.88. The van der Waals surface area contributed by atoms with Crippen molar-refractivity contribution < 1.29 is 9.66 Å². The maximum absolute atomic E-state index is 11.1. The third kappa shape index (κ3) is 3.23.